The molecule has 0 radical (unpaired) electrons. The van der Waals surface area contributed by atoms with Gasteiger partial charge in [0.15, 0.2) is 0 Å². The molecule has 7 nitrogen and oxygen atoms in total. The molecule has 1 aromatic rings. The first-order valence-corrected chi connectivity index (χ1v) is 7.22. The third-order valence-corrected chi connectivity index (χ3v) is 4.80. The third-order valence-electron chi connectivity index (χ3n) is 3.01. The van der Waals surface area contributed by atoms with Crippen molar-refractivity contribution in [2.75, 3.05) is 0 Å². The first kappa shape index (κ1) is 15.8. The van der Waals surface area contributed by atoms with Crippen molar-refractivity contribution in [3.8, 4) is 0 Å². The highest BCUT2D eigenvalue weighted by Gasteiger charge is 2.64. The summed E-state index contributed by atoms with van der Waals surface area (Å²) >= 11 is 0. The molecule has 1 aliphatic heterocycles. The minimum atomic E-state index is -5.18. The van der Waals surface area contributed by atoms with Crippen molar-refractivity contribution in [1.29, 1.82) is 0 Å². The van der Waals surface area contributed by atoms with Crippen LogP contribution in [0.25, 0.3) is 0 Å². The molecule has 1 N–H and O–H groups in total. The molecule has 0 saturated carbocycles. The molecule has 1 aromatic heterocycles. The quantitative estimate of drug-likeness (QED) is 0.869. The van der Waals surface area contributed by atoms with Gasteiger partial charge in [-0.25, -0.2) is 0 Å². The van der Waals surface area contributed by atoms with Crippen molar-refractivity contribution in [3.63, 3.8) is 0 Å². The molecule has 11 heteroatoms. The predicted molar refractivity (Wildman–Crippen MR) is 65.7 cm³/mol. The summed E-state index contributed by atoms with van der Waals surface area (Å²) in [6, 6.07) is 0. The Morgan fingerprint density at radius 2 is 1.95 bits per heavy atom. The van der Waals surface area contributed by atoms with E-state index in [0.717, 1.165) is 10.9 Å². The van der Waals surface area contributed by atoms with E-state index < -0.39 is 33.2 Å². The molecule has 118 valence electrons. The maximum atomic E-state index is 13.1. The van der Waals surface area contributed by atoms with Crippen LogP contribution in [0.1, 0.15) is 19.0 Å². The smallest absolute Gasteiger partial charge is 0.361 e. The highest BCUT2D eigenvalue weighted by Crippen LogP contribution is 2.43. The van der Waals surface area contributed by atoms with E-state index in [2.05, 4.69) is 10.2 Å². The highest BCUT2D eigenvalue weighted by atomic mass is 32.2. The van der Waals surface area contributed by atoms with Gasteiger partial charge in [-0.2, -0.15) is 31.8 Å². The molecule has 0 saturated heterocycles. The lowest BCUT2D eigenvalue weighted by atomic mass is 10.1. The van der Waals surface area contributed by atoms with Gasteiger partial charge in [0, 0.05) is 25.4 Å². The van der Waals surface area contributed by atoms with Crippen molar-refractivity contribution >= 4 is 15.7 Å². The second-order valence-corrected chi connectivity index (χ2v) is 6.56. The van der Waals surface area contributed by atoms with Gasteiger partial charge in [0.25, 0.3) is 15.7 Å². The lowest BCUT2D eigenvalue weighted by Gasteiger charge is -2.32. The fourth-order valence-electron chi connectivity index (χ4n) is 2.08. The summed E-state index contributed by atoms with van der Waals surface area (Å²) in [7, 11) is -3.25. The molecule has 0 bridgehead atoms. The zero-order valence-corrected chi connectivity index (χ0v) is 12.2. The largest absolute Gasteiger partial charge is 0.439 e. The molecule has 2 rings (SSSR count). The van der Waals surface area contributed by atoms with Gasteiger partial charge in [0.2, 0.25) is 0 Å². The number of alkyl halides is 3. The van der Waals surface area contributed by atoms with Crippen molar-refractivity contribution in [3.05, 3.63) is 11.9 Å². The number of aliphatic hydroxyl groups is 1. The molecule has 2 heterocycles. The molecular formula is C10H13F3N4O3S. The van der Waals surface area contributed by atoms with Crippen LogP contribution in [0.15, 0.2) is 16.2 Å². The van der Waals surface area contributed by atoms with E-state index in [9.17, 15) is 26.7 Å². The Morgan fingerprint density at radius 3 is 2.38 bits per heavy atom. The molecule has 0 aromatic carbocycles. The van der Waals surface area contributed by atoms with E-state index in [1.165, 1.54) is 20.9 Å². The Labute approximate surface area is 118 Å². The maximum Gasteiger partial charge on any atom is 0.439 e. The minimum Gasteiger partial charge on any atom is -0.361 e. The fraction of sp³-hybridized carbons (Fsp3) is 0.600. The lowest BCUT2D eigenvalue weighted by molar-refractivity contribution is -0.291. The van der Waals surface area contributed by atoms with E-state index in [1.54, 1.807) is 0 Å². The fourth-order valence-corrected chi connectivity index (χ4v) is 3.78. The Hall–Kier alpha value is -1.62. The first-order chi connectivity index (χ1) is 9.39. The minimum absolute atomic E-state index is 0.0155. The van der Waals surface area contributed by atoms with Crippen LogP contribution >= 0.6 is 0 Å². The topological polar surface area (TPSA) is 87.8 Å². The zero-order chi connectivity index (χ0) is 16.2. The normalized spacial score (nSPS) is 23.6. The Bertz CT molecular complexity index is 710. The monoisotopic (exact) mass is 326 g/mol. The number of nitrogens with zero attached hydrogens (tertiary/aromatic N) is 4. The summed E-state index contributed by atoms with van der Waals surface area (Å²) in [6.45, 7) is 2.55. The summed E-state index contributed by atoms with van der Waals surface area (Å²) in [5.74, 6) is 0. The van der Waals surface area contributed by atoms with Crippen LogP contribution in [-0.2, 0) is 17.1 Å². The molecule has 0 fully saturated rings. The van der Waals surface area contributed by atoms with Gasteiger partial charge in [-0.15, -0.1) is 4.41 Å². The van der Waals surface area contributed by atoms with E-state index in [-0.39, 0.29) is 15.8 Å². The molecule has 0 spiro atoms. The van der Waals surface area contributed by atoms with Gasteiger partial charge in [0.1, 0.15) is 4.90 Å². The van der Waals surface area contributed by atoms with Crippen molar-refractivity contribution < 1.29 is 26.7 Å². The van der Waals surface area contributed by atoms with Gasteiger partial charge in [-0.05, 0) is 13.8 Å². The SMILES string of the molecule is CC1=NN(S(=O)(=O)c2cn(C)nc2C)[C@](O)(C(F)(F)F)C1. The van der Waals surface area contributed by atoms with E-state index in [0.29, 0.717) is 0 Å². The summed E-state index contributed by atoms with van der Waals surface area (Å²) in [6.07, 6.45) is -5.06. The van der Waals surface area contributed by atoms with Crippen LogP contribution in [-0.4, -0.2) is 45.3 Å². The number of rotatable bonds is 2. The van der Waals surface area contributed by atoms with Gasteiger partial charge in [-0.1, -0.05) is 0 Å². The second-order valence-electron chi connectivity index (χ2n) is 4.83. The second kappa shape index (κ2) is 4.44. The van der Waals surface area contributed by atoms with Crippen LogP contribution in [0.2, 0.25) is 0 Å². The zero-order valence-electron chi connectivity index (χ0n) is 11.4. The number of sulfonamides is 1. The number of halogens is 3. The summed E-state index contributed by atoms with van der Waals surface area (Å²) in [4.78, 5) is -0.439. The van der Waals surface area contributed by atoms with Crippen LogP contribution in [0.3, 0.4) is 0 Å². The van der Waals surface area contributed by atoms with E-state index in [1.807, 2.05) is 0 Å². The Kier molecular flexibility index (Phi) is 3.33. The molecular weight excluding hydrogens is 313 g/mol. The molecule has 0 unspecified atom stereocenters. The third kappa shape index (κ3) is 2.29. The van der Waals surface area contributed by atoms with Gasteiger partial charge in [0.05, 0.1) is 5.69 Å². The lowest BCUT2D eigenvalue weighted by Crippen LogP contribution is -2.56. The van der Waals surface area contributed by atoms with Crippen molar-refractivity contribution in [2.24, 2.45) is 12.1 Å². The number of hydrogen-bond acceptors (Lipinski definition) is 5. The summed E-state index contributed by atoms with van der Waals surface area (Å²) < 4.78 is 64.8. The average Bonchev–Trinajstić information content (AvgIpc) is 2.79. The van der Waals surface area contributed by atoms with Crippen LogP contribution in [0.5, 0.6) is 0 Å². The number of aromatic nitrogens is 2. The molecule has 21 heavy (non-hydrogen) atoms. The van der Waals surface area contributed by atoms with Gasteiger partial charge < -0.3 is 5.11 Å². The summed E-state index contributed by atoms with van der Waals surface area (Å²) in [5.41, 5.74) is -3.71. The molecule has 1 atom stereocenters. The standard InChI is InChI=1S/C10H13F3N4O3S/c1-6-4-9(18,10(11,12)13)17(14-6)21(19,20)8-5-16(3)15-7(8)2/h5,18H,4H2,1-3H3/t9-/m1/s1. The number of hydrazone groups is 1. The molecule has 0 aliphatic carbocycles. The van der Waals surface area contributed by atoms with Crippen LogP contribution in [0.4, 0.5) is 13.2 Å². The molecule has 1 aliphatic rings. The molecule has 0 amide bonds. The van der Waals surface area contributed by atoms with Crippen molar-refractivity contribution in [1.82, 2.24) is 14.2 Å². The van der Waals surface area contributed by atoms with Crippen molar-refractivity contribution in [2.45, 2.75) is 37.1 Å². The first-order valence-electron chi connectivity index (χ1n) is 5.78. The van der Waals surface area contributed by atoms with Crippen LogP contribution < -0.4 is 0 Å². The van der Waals surface area contributed by atoms with Gasteiger partial charge >= 0.3 is 6.18 Å². The van der Waals surface area contributed by atoms with Gasteiger partial charge in [-0.3, -0.25) is 4.68 Å². The van der Waals surface area contributed by atoms with E-state index >= 15 is 0 Å². The number of aryl methyl sites for hydroxylation is 2. The van der Waals surface area contributed by atoms with E-state index in [4.69, 9.17) is 0 Å². The highest BCUT2D eigenvalue weighted by molar-refractivity contribution is 7.89. The summed E-state index contributed by atoms with van der Waals surface area (Å²) in [5, 5.41) is 17.0. The maximum absolute atomic E-state index is 13.1. The Balaban J connectivity index is 2.60. The predicted octanol–water partition coefficient (Wildman–Crippen LogP) is 0.750. The Morgan fingerprint density at radius 1 is 1.38 bits per heavy atom. The average molecular weight is 326 g/mol. The number of hydrogen-bond donors (Lipinski definition) is 1. The van der Waals surface area contributed by atoms with Crippen LogP contribution in [0, 0.1) is 6.92 Å².